The number of benzene rings is 2. The number of anilines is 1. The third kappa shape index (κ3) is 4.13. The summed E-state index contributed by atoms with van der Waals surface area (Å²) < 4.78 is 14.6. The third-order valence-electron chi connectivity index (χ3n) is 3.53. The summed E-state index contributed by atoms with van der Waals surface area (Å²) in [5.41, 5.74) is 3.34. The number of nitrogens with one attached hydrogen (secondary N) is 1. The largest absolute Gasteiger partial charge is 0.360 e. The van der Waals surface area contributed by atoms with E-state index in [1.807, 2.05) is 29.6 Å². The highest BCUT2D eigenvalue weighted by Gasteiger charge is 2.09. The summed E-state index contributed by atoms with van der Waals surface area (Å²) in [6.45, 7) is 1.70. The van der Waals surface area contributed by atoms with Crippen molar-refractivity contribution in [1.82, 2.24) is 4.98 Å². The summed E-state index contributed by atoms with van der Waals surface area (Å²) in [5.74, 6) is -0.289. The molecule has 3 aromatic rings. The Labute approximate surface area is 157 Å². The van der Waals surface area contributed by atoms with Gasteiger partial charge in [0.15, 0.2) is 0 Å². The van der Waals surface area contributed by atoms with E-state index in [-0.39, 0.29) is 5.82 Å². The lowest BCUT2D eigenvalue weighted by Crippen LogP contribution is -1.93. The lowest BCUT2D eigenvalue weighted by Gasteiger charge is -2.03. The molecule has 3 nitrogen and oxygen atoms in total. The Morgan fingerprint density at radius 2 is 2.16 bits per heavy atom. The molecule has 25 heavy (non-hydrogen) atoms. The van der Waals surface area contributed by atoms with E-state index in [2.05, 4.69) is 32.3 Å². The normalized spacial score (nSPS) is 11.2. The number of allylic oxidation sites excluding steroid dienone is 1. The fourth-order valence-electron chi connectivity index (χ4n) is 2.16. The average molecular weight is 414 g/mol. The van der Waals surface area contributed by atoms with E-state index in [0.29, 0.717) is 21.8 Å². The van der Waals surface area contributed by atoms with Crippen molar-refractivity contribution >= 4 is 38.5 Å². The minimum Gasteiger partial charge on any atom is -0.360 e. The highest BCUT2D eigenvalue weighted by Crippen LogP contribution is 2.27. The van der Waals surface area contributed by atoms with Gasteiger partial charge in [0.1, 0.15) is 22.5 Å². The fraction of sp³-hybridized carbons (Fsp3) is 0.0526. The number of nitrogens with zero attached hydrogens (tertiary/aromatic N) is 2. The van der Waals surface area contributed by atoms with Crippen LogP contribution >= 0.6 is 27.3 Å². The van der Waals surface area contributed by atoms with Crippen LogP contribution in [0.5, 0.6) is 0 Å². The predicted octanol–water partition coefficient (Wildman–Crippen LogP) is 6.00. The molecule has 124 valence electrons. The van der Waals surface area contributed by atoms with Crippen molar-refractivity contribution in [2.45, 2.75) is 6.92 Å². The third-order valence-corrected chi connectivity index (χ3v) is 4.90. The molecule has 0 saturated heterocycles. The summed E-state index contributed by atoms with van der Waals surface area (Å²) in [6, 6.07) is 14.8. The van der Waals surface area contributed by atoms with Crippen molar-refractivity contribution in [3.8, 4) is 17.3 Å². The molecule has 0 aliphatic carbocycles. The molecule has 0 atom stereocenters. The highest BCUT2D eigenvalue weighted by atomic mass is 79.9. The van der Waals surface area contributed by atoms with Crippen LogP contribution in [0.25, 0.3) is 16.8 Å². The van der Waals surface area contributed by atoms with Crippen molar-refractivity contribution in [2.24, 2.45) is 0 Å². The van der Waals surface area contributed by atoms with Crippen molar-refractivity contribution in [3.63, 3.8) is 0 Å². The van der Waals surface area contributed by atoms with Gasteiger partial charge in [0.25, 0.3) is 0 Å². The Morgan fingerprint density at radius 3 is 2.88 bits per heavy atom. The molecule has 0 radical (unpaired) electrons. The van der Waals surface area contributed by atoms with E-state index in [4.69, 9.17) is 0 Å². The number of rotatable bonds is 4. The number of aromatic nitrogens is 1. The zero-order chi connectivity index (χ0) is 17.8. The first kappa shape index (κ1) is 17.3. The van der Waals surface area contributed by atoms with Crippen LogP contribution in [0.15, 0.2) is 58.5 Å². The van der Waals surface area contributed by atoms with Crippen LogP contribution in [0.3, 0.4) is 0 Å². The van der Waals surface area contributed by atoms with Crippen molar-refractivity contribution < 1.29 is 4.39 Å². The second kappa shape index (κ2) is 7.60. The van der Waals surface area contributed by atoms with Gasteiger partial charge in [-0.2, -0.15) is 5.26 Å². The maximum absolute atomic E-state index is 13.6. The van der Waals surface area contributed by atoms with E-state index in [9.17, 15) is 9.65 Å². The summed E-state index contributed by atoms with van der Waals surface area (Å²) in [4.78, 5) is 4.53. The first-order valence-electron chi connectivity index (χ1n) is 7.41. The molecule has 0 aliphatic rings. The Bertz CT molecular complexity index is 988. The number of hydrogen-bond acceptors (Lipinski definition) is 4. The van der Waals surface area contributed by atoms with E-state index in [1.165, 1.54) is 17.4 Å². The molecular weight excluding hydrogens is 401 g/mol. The van der Waals surface area contributed by atoms with Gasteiger partial charge in [-0.05, 0) is 36.8 Å². The van der Waals surface area contributed by atoms with Crippen LogP contribution in [0.1, 0.15) is 10.6 Å². The van der Waals surface area contributed by atoms with Crippen LogP contribution < -0.4 is 5.32 Å². The van der Waals surface area contributed by atoms with Crippen molar-refractivity contribution in [3.05, 3.63) is 74.9 Å². The molecule has 2 aromatic carbocycles. The van der Waals surface area contributed by atoms with Crippen molar-refractivity contribution in [2.75, 3.05) is 5.32 Å². The molecule has 0 unspecified atom stereocenters. The molecule has 6 heteroatoms. The Kier molecular flexibility index (Phi) is 5.27. The highest BCUT2D eigenvalue weighted by molar-refractivity contribution is 9.10. The SMILES string of the molecule is Cc1ccc(N/C=C(/C#N)c2nc(-c3cccc(Br)c3)cs2)cc1F. The fourth-order valence-corrected chi connectivity index (χ4v) is 3.35. The van der Waals surface area contributed by atoms with E-state index in [1.54, 1.807) is 25.3 Å². The van der Waals surface area contributed by atoms with Gasteiger partial charge in [-0.1, -0.05) is 34.1 Å². The molecule has 1 heterocycles. The summed E-state index contributed by atoms with van der Waals surface area (Å²) in [6.07, 6.45) is 1.55. The maximum atomic E-state index is 13.6. The van der Waals surface area contributed by atoms with Crippen LogP contribution in [-0.2, 0) is 0 Å². The smallest absolute Gasteiger partial charge is 0.136 e. The summed E-state index contributed by atoms with van der Waals surface area (Å²) in [7, 11) is 0. The van der Waals surface area contributed by atoms with Gasteiger partial charge in [-0.3, -0.25) is 0 Å². The first-order valence-corrected chi connectivity index (χ1v) is 9.09. The van der Waals surface area contributed by atoms with Gasteiger partial charge in [0, 0.05) is 27.3 Å². The zero-order valence-corrected chi connectivity index (χ0v) is 15.7. The van der Waals surface area contributed by atoms with E-state index in [0.717, 1.165) is 15.7 Å². The Balaban J connectivity index is 1.84. The zero-order valence-electron chi connectivity index (χ0n) is 13.3. The molecule has 0 aliphatic heterocycles. The van der Waals surface area contributed by atoms with E-state index >= 15 is 0 Å². The second-order valence-corrected chi connectivity index (χ2v) is 7.10. The van der Waals surface area contributed by atoms with Gasteiger partial charge in [-0.25, -0.2) is 9.37 Å². The molecule has 3 rings (SSSR count). The van der Waals surface area contributed by atoms with Crippen LogP contribution in [-0.4, -0.2) is 4.98 Å². The average Bonchev–Trinajstić information content (AvgIpc) is 3.08. The van der Waals surface area contributed by atoms with Gasteiger partial charge in [0.05, 0.1) is 5.69 Å². The first-order chi connectivity index (χ1) is 12.1. The topological polar surface area (TPSA) is 48.7 Å². The van der Waals surface area contributed by atoms with Crippen LogP contribution in [0.4, 0.5) is 10.1 Å². The summed E-state index contributed by atoms with van der Waals surface area (Å²) >= 11 is 4.83. The number of nitriles is 1. The minimum atomic E-state index is -0.289. The number of aryl methyl sites for hydroxylation is 1. The van der Waals surface area contributed by atoms with Gasteiger partial charge < -0.3 is 5.32 Å². The molecule has 1 N–H and O–H groups in total. The summed E-state index contributed by atoms with van der Waals surface area (Å²) in [5, 5.41) is 14.9. The predicted molar refractivity (Wildman–Crippen MR) is 104 cm³/mol. The van der Waals surface area contributed by atoms with Crippen LogP contribution in [0.2, 0.25) is 0 Å². The molecule has 1 aromatic heterocycles. The molecular formula is C19H13BrFN3S. The quantitative estimate of drug-likeness (QED) is 0.533. The molecule has 0 fully saturated rings. The van der Waals surface area contributed by atoms with Gasteiger partial charge in [-0.15, -0.1) is 11.3 Å². The van der Waals surface area contributed by atoms with E-state index < -0.39 is 0 Å². The molecule has 0 saturated carbocycles. The Hall–Kier alpha value is -2.49. The monoisotopic (exact) mass is 413 g/mol. The molecule has 0 spiro atoms. The Morgan fingerprint density at radius 1 is 1.32 bits per heavy atom. The number of halogens is 2. The lowest BCUT2D eigenvalue weighted by molar-refractivity contribution is 0.619. The van der Waals surface area contributed by atoms with Crippen molar-refractivity contribution in [1.29, 1.82) is 5.26 Å². The second-order valence-electron chi connectivity index (χ2n) is 5.33. The standard InChI is InChI=1S/C19H13BrFN3S/c1-12-5-6-16(8-17(12)21)23-10-14(9-22)19-24-18(11-25-19)13-3-2-4-15(20)7-13/h2-8,10-11,23H,1H3/b14-10-. The van der Waals surface area contributed by atoms with Gasteiger partial charge >= 0.3 is 0 Å². The van der Waals surface area contributed by atoms with Gasteiger partial charge in [0.2, 0.25) is 0 Å². The number of thiazole rings is 1. The molecule has 0 bridgehead atoms. The van der Waals surface area contributed by atoms with Crippen LogP contribution in [0, 0.1) is 24.1 Å². The maximum Gasteiger partial charge on any atom is 0.136 e. The minimum absolute atomic E-state index is 0.289. The number of hydrogen-bond donors (Lipinski definition) is 1. The molecule has 0 amide bonds. The lowest BCUT2D eigenvalue weighted by atomic mass is 10.2.